The third kappa shape index (κ3) is 2.50. The van der Waals surface area contributed by atoms with E-state index in [4.69, 9.17) is 16.1 Å². The van der Waals surface area contributed by atoms with Gasteiger partial charge in [0, 0.05) is 11.1 Å². The van der Waals surface area contributed by atoms with Crippen molar-refractivity contribution in [2.24, 2.45) is 4.99 Å². The second-order valence-corrected chi connectivity index (χ2v) is 7.36. The number of nitrogens with zero attached hydrogens (tertiary/aromatic N) is 8. The molecule has 0 saturated carbocycles. The van der Waals surface area contributed by atoms with Gasteiger partial charge in [-0.3, -0.25) is 4.90 Å². The minimum Gasteiger partial charge on any atom is -0.313 e. The Morgan fingerprint density at radius 3 is 2.74 bits per heavy atom. The van der Waals surface area contributed by atoms with Gasteiger partial charge in [0.25, 0.3) is 0 Å². The van der Waals surface area contributed by atoms with E-state index in [2.05, 4.69) is 21.3 Å². The quantitative estimate of drug-likeness (QED) is 0.343. The van der Waals surface area contributed by atoms with Crippen molar-refractivity contribution in [1.82, 2.24) is 20.0 Å². The van der Waals surface area contributed by atoms with Gasteiger partial charge >= 0.3 is 6.01 Å². The molecule has 4 heterocycles. The molecule has 3 aromatic rings. The molecule has 6 rings (SSSR count). The standard InChI is InChI=1S/C20H12ClFN8O/c21-19-27(10-23)9-16-29(19)15-4-2-1-3-14(15)18-24-11-28(30(16)18)20-25-17(26-31-20)12-5-7-13(22)8-6-12/h1-9,11,18-19H. The molecule has 11 heteroatoms. The van der Waals surface area contributed by atoms with Crippen molar-refractivity contribution in [2.45, 2.75) is 11.8 Å². The summed E-state index contributed by atoms with van der Waals surface area (Å²) >= 11 is 6.57. The lowest BCUT2D eigenvalue weighted by molar-refractivity contribution is 0.260. The van der Waals surface area contributed by atoms with Crippen LogP contribution in [0.4, 0.5) is 16.1 Å². The minimum absolute atomic E-state index is 0.173. The van der Waals surface area contributed by atoms with E-state index in [1.54, 1.807) is 29.7 Å². The molecule has 3 aliphatic heterocycles. The Morgan fingerprint density at radius 1 is 1.13 bits per heavy atom. The molecule has 0 amide bonds. The minimum atomic E-state index is -0.720. The maximum Gasteiger partial charge on any atom is 0.349 e. The topological polar surface area (TPSA) is 88.0 Å². The summed E-state index contributed by atoms with van der Waals surface area (Å²) in [7, 11) is 0. The number of aliphatic imine (C=N–C) groups is 1. The van der Waals surface area contributed by atoms with Crippen LogP contribution in [0.2, 0.25) is 0 Å². The lowest BCUT2D eigenvalue weighted by Gasteiger charge is -2.42. The largest absolute Gasteiger partial charge is 0.349 e. The zero-order valence-corrected chi connectivity index (χ0v) is 16.4. The number of halogens is 2. The number of hydrogen-bond donors (Lipinski definition) is 0. The summed E-state index contributed by atoms with van der Waals surface area (Å²) in [4.78, 5) is 12.3. The van der Waals surface area contributed by atoms with Gasteiger partial charge in [-0.25, -0.2) is 19.3 Å². The van der Waals surface area contributed by atoms with E-state index < -0.39 is 5.62 Å². The first-order chi connectivity index (χ1) is 15.2. The maximum atomic E-state index is 13.2. The van der Waals surface area contributed by atoms with Gasteiger partial charge in [0.1, 0.15) is 12.2 Å². The predicted molar refractivity (Wildman–Crippen MR) is 109 cm³/mol. The molecule has 3 aliphatic rings. The SMILES string of the molecule is N#CN1C=C2N(c3ccccc3C3N=CN(c4nc(-c5ccc(F)cc5)no4)N23)C1Cl. The number of rotatable bonds is 2. The molecule has 2 unspecified atom stereocenters. The van der Waals surface area contributed by atoms with E-state index >= 15 is 0 Å². The van der Waals surface area contributed by atoms with Gasteiger partial charge in [-0.15, -0.1) is 0 Å². The van der Waals surface area contributed by atoms with Crippen LogP contribution >= 0.6 is 11.6 Å². The van der Waals surface area contributed by atoms with Crippen LogP contribution in [-0.2, 0) is 0 Å². The fourth-order valence-corrected chi connectivity index (χ4v) is 4.17. The van der Waals surface area contributed by atoms with E-state index in [0.29, 0.717) is 17.2 Å². The first-order valence-corrected chi connectivity index (χ1v) is 9.73. The Bertz CT molecular complexity index is 1280. The molecule has 2 atom stereocenters. The number of aromatic nitrogens is 2. The van der Waals surface area contributed by atoms with E-state index in [9.17, 15) is 9.65 Å². The van der Waals surface area contributed by atoms with Crippen molar-refractivity contribution in [2.75, 3.05) is 9.91 Å². The zero-order chi connectivity index (χ0) is 21.1. The highest BCUT2D eigenvalue weighted by atomic mass is 35.5. The number of hydrogen-bond acceptors (Lipinski definition) is 9. The molecule has 0 aliphatic carbocycles. The molecule has 31 heavy (non-hydrogen) atoms. The number of anilines is 2. The van der Waals surface area contributed by atoms with Crippen LogP contribution in [0.5, 0.6) is 0 Å². The van der Waals surface area contributed by atoms with Crippen molar-refractivity contribution < 1.29 is 8.91 Å². The molecule has 0 spiro atoms. The average molecular weight is 435 g/mol. The van der Waals surface area contributed by atoms with Crippen molar-refractivity contribution in [3.05, 3.63) is 71.9 Å². The Balaban J connectivity index is 1.42. The molecule has 0 fully saturated rings. The van der Waals surface area contributed by atoms with E-state index in [1.165, 1.54) is 17.0 Å². The van der Waals surface area contributed by atoms with Crippen LogP contribution < -0.4 is 9.91 Å². The number of nitriles is 1. The highest BCUT2D eigenvalue weighted by Gasteiger charge is 2.48. The molecule has 1 aromatic heterocycles. The van der Waals surface area contributed by atoms with Crippen molar-refractivity contribution in [3.8, 4) is 17.6 Å². The second-order valence-electron chi connectivity index (χ2n) is 6.97. The van der Waals surface area contributed by atoms with Crippen molar-refractivity contribution >= 4 is 29.6 Å². The van der Waals surface area contributed by atoms with Gasteiger partial charge in [0.05, 0.1) is 11.9 Å². The zero-order valence-electron chi connectivity index (χ0n) is 15.7. The molecule has 9 nitrogen and oxygen atoms in total. The average Bonchev–Trinajstić information content (AvgIpc) is 3.51. The van der Waals surface area contributed by atoms with E-state index in [-0.39, 0.29) is 18.0 Å². The normalized spacial score (nSPS) is 21.0. The van der Waals surface area contributed by atoms with Crippen molar-refractivity contribution in [1.29, 1.82) is 5.26 Å². The molecule has 0 N–H and O–H groups in total. The summed E-state index contributed by atoms with van der Waals surface area (Å²) in [5.41, 5.74) is 1.68. The van der Waals surface area contributed by atoms with E-state index in [1.807, 2.05) is 34.2 Å². The molecular formula is C20H12ClFN8O. The summed E-state index contributed by atoms with van der Waals surface area (Å²) in [6, 6.07) is 13.7. The van der Waals surface area contributed by atoms with E-state index in [0.717, 1.165) is 11.3 Å². The van der Waals surface area contributed by atoms with Crippen LogP contribution in [0.25, 0.3) is 11.4 Å². The smallest absolute Gasteiger partial charge is 0.313 e. The number of alkyl halides is 1. The van der Waals surface area contributed by atoms with Crippen molar-refractivity contribution in [3.63, 3.8) is 0 Å². The predicted octanol–water partition coefficient (Wildman–Crippen LogP) is 3.58. The summed E-state index contributed by atoms with van der Waals surface area (Å²) in [6.07, 6.45) is 4.94. The number of para-hydroxylation sites is 1. The second kappa shape index (κ2) is 6.45. The first kappa shape index (κ1) is 17.7. The maximum absolute atomic E-state index is 13.2. The van der Waals surface area contributed by atoms with Crippen LogP contribution in [0, 0.1) is 17.3 Å². The molecule has 0 bridgehead atoms. The lowest BCUT2D eigenvalue weighted by atomic mass is 10.1. The Morgan fingerprint density at radius 2 is 1.94 bits per heavy atom. The number of benzene rings is 2. The van der Waals surface area contributed by atoms with Gasteiger partial charge in [-0.1, -0.05) is 35.0 Å². The number of fused-ring (bicyclic) bond motifs is 6. The van der Waals surface area contributed by atoms with Gasteiger partial charge in [0.15, 0.2) is 23.8 Å². The molecule has 0 radical (unpaired) electrons. The Labute approximate surface area is 180 Å². The summed E-state index contributed by atoms with van der Waals surface area (Å²) < 4.78 is 18.7. The highest BCUT2D eigenvalue weighted by molar-refractivity contribution is 6.22. The first-order valence-electron chi connectivity index (χ1n) is 9.29. The highest BCUT2D eigenvalue weighted by Crippen LogP contribution is 2.48. The Hall–Kier alpha value is -4.10. The Kier molecular flexibility index (Phi) is 3.69. The van der Waals surface area contributed by atoms with Gasteiger partial charge < -0.3 is 4.52 Å². The monoisotopic (exact) mass is 434 g/mol. The molecule has 2 aromatic carbocycles. The van der Waals surface area contributed by atoms with Crippen LogP contribution in [-0.4, -0.2) is 32.0 Å². The molecular weight excluding hydrogens is 423 g/mol. The van der Waals surface area contributed by atoms with Crippen LogP contribution in [0.3, 0.4) is 0 Å². The van der Waals surface area contributed by atoms with Gasteiger partial charge in [0.2, 0.25) is 5.82 Å². The summed E-state index contributed by atoms with van der Waals surface area (Å²) in [5.74, 6) is 0.611. The van der Waals surface area contributed by atoms with Crippen LogP contribution in [0.15, 0.2) is 70.1 Å². The molecule has 152 valence electrons. The lowest BCUT2D eigenvalue weighted by Crippen LogP contribution is -2.48. The van der Waals surface area contributed by atoms with Gasteiger partial charge in [-0.2, -0.15) is 15.3 Å². The summed E-state index contributed by atoms with van der Waals surface area (Å²) in [5, 5.41) is 17.0. The fourth-order valence-electron chi connectivity index (χ4n) is 3.87. The molecule has 0 saturated heterocycles. The van der Waals surface area contributed by atoms with Crippen LogP contribution in [0.1, 0.15) is 11.7 Å². The summed E-state index contributed by atoms with van der Waals surface area (Å²) in [6.45, 7) is 0. The third-order valence-electron chi connectivity index (χ3n) is 5.26. The third-order valence-corrected chi connectivity index (χ3v) is 5.67. The fraction of sp³-hybridized carbons (Fsp3) is 0.100. The number of hydrazine groups is 1. The van der Waals surface area contributed by atoms with Gasteiger partial charge in [-0.05, 0) is 30.3 Å².